The van der Waals surface area contributed by atoms with Crippen molar-refractivity contribution in [3.63, 3.8) is 0 Å². The fourth-order valence-corrected chi connectivity index (χ4v) is 6.73. The van der Waals surface area contributed by atoms with Crippen molar-refractivity contribution in [3.8, 4) is 5.75 Å². The summed E-state index contributed by atoms with van der Waals surface area (Å²) in [5, 5.41) is 4.47. The van der Waals surface area contributed by atoms with Crippen LogP contribution in [0.3, 0.4) is 0 Å². The van der Waals surface area contributed by atoms with E-state index in [-0.39, 0.29) is 24.2 Å². The van der Waals surface area contributed by atoms with Crippen LogP contribution >= 0.6 is 0 Å². The van der Waals surface area contributed by atoms with E-state index in [9.17, 15) is 4.79 Å². The number of rotatable bonds is 5. The molecule has 2 aliphatic heterocycles. The van der Waals surface area contributed by atoms with Crippen molar-refractivity contribution in [2.24, 2.45) is 5.92 Å². The molecule has 6 rings (SSSR count). The van der Waals surface area contributed by atoms with Gasteiger partial charge in [0.1, 0.15) is 11.9 Å². The highest BCUT2D eigenvalue weighted by Gasteiger charge is 2.35. The second-order valence-corrected chi connectivity index (χ2v) is 12.1. The third-order valence-corrected chi connectivity index (χ3v) is 9.07. The molecule has 9 heteroatoms. The van der Waals surface area contributed by atoms with E-state index >= 15 is 0 Å². The molecule has 3 aromatic rings. The molecule has 3 aliphatic rings. The van der Waals surface area contributed by atoms with Gasteiger partial charge in [-0.1, -0.05) is 12.1 Å². The predicted octanol–water partition coefficient (Wildman–Crippen LogP) is 4.62. The molecule has 2 aromatic heterocycles. The van der Waals surface area contributed by atoms with E-state index in [0.29, 0.717) is 30.0 Å². The lowest BCUT2D eigenvalue weighted by molar-refractivity contribution is -0.148. The first-order valence-corrected chi connectivity index (χ1v) is 14.9. The molecule has 3 atom stereocenters. The van der Waals surface area contributed by atoms with E-state index in [1.807, 2.05) is 20.8 Å². The van der Waals surface area contributed by atoms with Crippen molar-refractivity contribution in [1.29, 1.82) is 0 Å². The van der Waals surface area contributed by atoms with Gasteiger partial charge in [0.2, 0.25) is 5.91 Å². The minimum atomic E-state index is 0.103. The van der Waals surface area contributed by atoms with Gasteiger partial charge in [-0.3, -0.25) is 4.79 Å². The highest BCUT2D eigenvalue weighted by molar-refractivity contribution is 5.79. The zero-order valence-electron chi connectivity index (χ0n) is 24.5. The van der Waals surface area contributed by atoms with E-state index < -0.39 is 0 Å². The summed E-state index contributed by atoms with van der Waals surface area (Å²) in [5.74, 6) is 3.16. The molecule has 0 N–H and O–H groups in total. The fraction of sp³-hybridized carbons (Fsp3) is 0.613. The Bertz CT molecular complexity index is 1360. The number of aryl methyl sites for hydroxylation is 3. The Labute approximate surface area is 236 Å². The number of hydrogen-bond acceptors (Lipinski definition) is 7. The van der Waals surface area contributed by atoms with E-state index in [1.54, 1.807) is 4.52 Å². The normalized spacial score (nSPS) is 27.4. The van der Waals surface area contributed by atoms with Crippen LogP contribution in [0.4, 0.5) is 5.69 Å². The molecule has 1 aliphatic carbocycles. The summed E-state index contributed by atoms with van der Waals surface area (Å²) in [6.07, 6.45) is 5.30. The van der Waals surface area contributed by atoms with Gasteiger partial charge in [0.15, 0.2) is 5.75 Å². The van der Waals surface area contributed by atoms with Crippen LogP contribution in [0.1, 0.15) is 74.6 Å². The fourth-order valence-electron chi connectivity index (χ4n) is 6.73. The van der Waals surface area contributed by atoms with Gasteiger partial charge in [-0.25, -0.2) is 4.98 Å². The average molecular weight is 547 g/mol. The Balaban J connectivity index is 1.04. The van der Waals surface area contributed by atoms with Crippen molar-refractivity contribution >= 4 is 17.4 Å². The Kier molecular flexibility index (Phi) is 7.42. The van der Waals surface area contributed by atoms with E-state index in [2.05, 4.69) is 63.0 Å². The van der Waals surface area contributed by atoms with Crippen LogP contribution in [0.25, 0.3) is 5.78 Å². The average Bonchev–Trinajstić information content (AvgIpc) is 3.58. The van der Waals surface area contributed by atoms with E-state index in [0.717, 1.165) is 68.9 Å². The Morgan fingerprint density at radius 2 is 1.73 bits per heavy atom. The summed E-state index contributed by atoms with van der Waals surface area (Å²) in [4.78, 5) is 26.7. The van der Waals surface area contributed by atoms with Crippen LogP contribution in [0.5, 0.6) is 5.75 Å². The topological polar surface area (TPSA) is 85.1 Å². The SMILES string of the molecule is Cc1nc2nc(C)c(O[C@@H]3CCN(c4ccc([C@H]5CC[C@H](C(=O)N6C[C@H](C)OC[C@H]6C)CC5)cc4)C3)c(C)n2n1. The van der Waals surface area contributed by atoms with Crippen molar-refractivity contribution in [2.75, 3.05) is 31.1 Å². The van der Waals surface area contributed by atoms with Crippen molar-refractivity contribution in [3.05, 3.63) is 47.0 Å². The molecule has 2 saturated heterocycles. The van der Waals surface area contributed by atoms with Crippen molar-refractivity contribution < 1.29 is 14.3 Å². The number of nitrogens with zero attached hydrogens (tertiary/aromatic N) is 6. The van der Waals surface area contributed by atoms with Gasteiger partial charge in [0, 0.05) is 31.1 Å². The molecule has 0 radical (unpaired) electrons. The molecule has 4 heterocycles. The zero-order chi connectivity index (χ0) is 28.0. The lowest BCUT2D eigenvalue weighted by Gasteiger charge is -2.40. The van der Waals surface area contributed by atoms with Crippen LogP contribution in [0.15, 0.2) is 24.3 Å². The van der Waals surface area contributed by atoms with Crippen molar-refractivity contribution in [1.82, 2.24) is 24.5 Å². The number of hydrogen-bond donors (Lipinski definition) is 0. The molecule has 0 unspecified atom stereocenters. The summed E-state index contributed by atoms with van der Waals surface area (Å²) in [5.41, 5.74) is 4.42. The van der Waals surface area contributed by atoms with Crippen LogP contribution in [-0.4, -0.2) is 74.9 Å². The highest BCUT2D eigenvalue weighted by Crippen LogP contribution is 2.38. The number of ether oxygens (including phenoxy) is 2. The van der Waals surface area contributed by atoms with E-state index in [1.165, 1.54) is 11.3 Å². The molecule has 0 spiro atoms. The minimum Gasteiger partial charge on any atom is -0.485 e. The molecule has 1 aromatic carbocycles. The van der Waals surface area contributed by atoms with Gasteiger partial charge < -0.3 is 19.3 Å². The molecule has 3 fully saturated rings. The smallest absolute Gasteiger partial charge is 0.253 e. The van der Waals surface area contributed by atoms with Crippen LogP contribution in [0.2, 0.25) is 0 Å². The number of benzene rings is 1. The van der Waals surface area contributed by atoms with Crippen LogP contribution in [-0.2, 0) is 9.53 Å². The van der Waals surface area contributed by atoms with Gasteiger partial charge >= 0.3 is 0 Å². The number of morpholine rings is 1. The largest absolute Gasteiger partial charge is 0.485 e. The third-order valence-electron chi connectivity index (χ3n) is 9.07. The number of carbonyl (C=O) groups excluding carboxylic acids is 1. The lowest BCUT2D eigenvalue weighted by atomic mass is 9.78. The molecular formula is C31H42N6O3. The second-order valence-electron chi connectivity index (χ2n) is 12.1. The standard InChI is InChI=1S/C31H42N6O3/c1-19-18-39-20(2)16-36(19)30(38)26-8-6-24(7-9-26)25-10-12-27(13-11-25)35-15-14-28(17-35)40-29-21(3)32-31-33-23(5)34-37(31)22(29)4/h10-13,19-20,24,26,28H,6-9,14-18H2,1-5H3/t19-,20+,24-,26-,28-/m1/s1. The van der Waals surface area contributed by atoms with Crippen LogP contribution in [0, 0.1) is 26.7 Å². The molecule has 1 amide bonds. The first-order valence-electron chi connectivity index (χ1n) is 14.9. The van der Waals surface area contributed by atoms with Crippen LogP contribution < -0.4 is 9.64 Å². The first-order chi connectivity index (χ1) is 19.3. The third kappa shape index (κ3) is 5.28. The maximum atomic E-state index is 13.2. The summed E-state index contributed by atoms with van der Waals surface area (Å²) >= 11 is 0. The summed E-state index contributed by atoms with van der Waals surface area (Å²) in [7, 11) is 0. The van der Waals surface area contributed by atoms with E-state index in [4.69, 9.17) is 9.47 Å². The predicted molar refractivity (Wildman–Crippen MR) is 154 cm³/mol. The highest BCUT2D eigenvalue weighted by atomic mass is 16.5. The minimum absolute atomic E-state index is 0.103. The molecular weight excluding hydrogens is 504 g/mol. The molecule has 1 saturated carbocycles. The van der Waals surface area contributed by atoms with Gasteiger partial charge in [-0.05, 0) is 83.9 Å². The van der Waals surface area contributed by atoms with Gasteiger partial charge in [-0.2, -0.15) is 9.50 Å². The number of fused-ring (bicyclic) bond motifs is 1. The number of amides is 1. The quantitative estimate of drug-likeness (QED) is 0.462. The molecule has 9 nitrogen and oxygen atoms in total. The first kappa shape index (κ1) is 27.0. The Morgan fingerprint density at radius 1 is 0.975 bits per heavy atom. The van der Waals surface area contributed by atoms with Gasteiger partial charge in [-0.15, -0.1) is 5.10 Å². The van der Waals surface area contributed by atoms with Crippen molar-refractivity contribution in [2.45, 2.75) is 90.9 Å². The Hall–Kier alpha value is -3.20. The molecule has 40 heavy (non-hydrogen) atoms. The maximum Gasteiger partial charge on any atom is 0.253 e. The summed E-state index contributed by atoms with van der Waals surface area (Å²) < 4.78 is 14.0. The van der Waals surface area contributed by atoms with Gasteiger partial charge in [0.05, 0.1) is 36.7 Å². The van der Waals surface area contributed by atoms with Gasteiger partial charge in [0.25, 0.3) is 5.78 Å². The summed E-state index contributed by atoms with van der Waals surface area (Å²) in [6, 6.07) is 9.28. The molecule has 0 bridgehead atoms. The summed E-state index contributed by atoms with van der Waals surface area (Å²) in [6.45, 7) is 13.2. The number of aromatic nitrogens is 4. The second kappa shape index (κ2) is 11.0. The monoisotopic (exact) mass is 546 g/mol. The number of carbonyl (C=O) groups is 1. The maximum absolute atomic E-state index is 13.2. The Morgan fingerprint density at radius 3 is 2.48 bits per heavy atom. The zero-order valence-corrected chi connectivity index (χ0v) is 24.5. The number of anilines is 1. The lowest BCUT2D eigenvalue weighted by Crippen LogP contribution is -2.52. The molecule has 214 valence electrons.